The van der Waals surface area contributed by atoms with Crippen LogP contribution in [-0.2, 0) is 16.0 Å². The number of halogens is 1. The fourth-order valence-corrected chi connectivity index (χ4v) is 5.23. The van der Waals surface area contributed by atoms with E-state index in [4.69, 9.17) is 4.74 Å². The fraction of sp³-hybridized carbons (Fsp3) is 0.393. The number of allylic oxidation sites excluding steroid dienone is 3. The largest absolute Gasteiger partial charge is 0.491 e. The van der Waals surface area contributed by atoms with Crippen LogP contribution in [0.25, 0.3) is 22.5 Å². The van der Waals surface area contributed by atoms with Gasteiger partial charge in [-0.2, -0.15) is 9.67 Å². The maximum Gasteiger partial charge on any atom is 0.356 e. The van der Waals surface area contributed by atoms with Gasteiger partial charge >= 0.3 is 5.69 Å². The third-order valence-electron chi connectivity index (χ3n) is 7.22. The van der Waals surface area contributed by atoms with Gasteiger partial charge in [0.05, 0.1) is 29.6 Å². The molecule has 0 N–H and O–H groups in total. The molecule has 13 heteroatoms. The van der Waals surface area contributed by atoms with E-state index < -0.39 is 11.5 Å². The molecule has 214 valence electrons. The molecule has 0 aliphatic carbocycles. The van der Waals surface area contributed by atoms with Gasteiger partial charge in [0.25, 0.3) is 0 Å². The number of piperazine rings is 1. The molecule has 3 aromatic rings. The molecule has 0 radical (unpaired) electrons. The first-order valence-electron chi connectivity index (χ1n) is 13.4. The zero-order valence-electron chi connectivity index (χ0n) is 23.5. The van der Waals surface area contributed by atoms with E-state index in [2.05, 4.69) is 38.6 Å². The second kappa shape index (κ2) is 11.1. The highest BCUT2D eigenvalue weighted by atomic mass is 19.1. The van der Waals surface area contributed by atoms with Crippen LogP contribution in [0.3, 0.4) is 0 Å². The molecule has 0 spiro atoms. The fourth-order valence-electron chi connectivity index (χ4n) is 5.23. The molecule has 2 aliphatic rings. The molecule has 4 bridgehead atoms. The number of hydrogen-bond donors (Lipinski definition) is 0. The van der Waals surface area contributed by atoms with E-state index in [1.54, 1.807) is 24.1 Å². The number of rotatable bonds is 4. The van der Waals surface area contributed by atoms with Gasteiger partial charge in [0.1, 0.15) is 17.3 Å². The molecule has 0 saturated carbocycles. The van der Waals surface area contributed by atoms with Gasteiger partial charge in [0.2, 0.25) is 5.91 Å². The number of hydrogen-bond acceptors (Lipinski definition) is 9. The van der Waals surface area contributed by atoms with Gasteiger partial charge in [-0.1, -0.05) is 25.6 Å². The quantitative estimate of drug-likeness (QED) is 0.352. The molecule has 1 amide bonds. The predicted octanol–water partition coefficient (Wildman–Crippen LogP) is 2.74. The molecule has 0 unspecified atom stereocenters. The summed E-state index contributed by atoms with van der Waals surface area (Å²) in [7, 11) is 0. The van der Waals surface area contributed by atoms with Gasteiger partial charge in [-0.25, -0.2) is 18.7 Å². The second-order valence-electron chi connectivity index (χ2n) is 10.2. The number of anilines is 1. The van der Waals surface area contributed by atoms with E-state index in [9.17, 15) is 9.59 Å². The number of carbonyl (C=O) groups is 1. The van der Waals surface area contributed by atoms with Crippen LogP contribution >= 0.6 is 0 Å². The van der Waals surface area contributed by atoms with Gasteiger partial charge < -0.3 is 14.5 Å². The number of carbonyl (C=O) groups excluding carboxylic acids is 1. The Hall–Kier alpha value is -4.68. The minimum Gasteiger partial charge on any atom is -0.491 e. The maximum absolute atomic E-state index is 15.8. The summed E-state index contributed by atoms with van der Waals surface area (Å²) in [5.41, 5.74) is 0.905. The average Bonchev–Trinajstić information content (AvgIpc) is 3.42. The number of fused-ring (bicyclic) bond motifs is 4. The Labute approximate surface area is 236 Å². The highest BCUT2D eigenvalue weighted by molar-refractivity contribution is 5.91. The minimum absolute atomic E-state index is 0.114. The van der Waals surface area contributed by atoms with Crippen LogP contribution in [0.5, 0.6) is 0 Å². The van der Waals surface area contributed by atoms with Gasteiger partial charge in [-0.05, 0) is 44.7 Å². The molecular weight excluding hydrogens is 529 g/mol. The van der Waals surface area contributed by atoms with Gasteiger partial charge in [-0.3, -0.25) is 9.79 Å². The summed E-state index contributed by atoms with van der Waals surface area (Å²) in [5, 5.41) is 8.51. The molecule has 1 saturated heterocycles. The Kier molecular flexibility index (Phi) is 7.52. The van der Waals surface area contributed by atoms with Crippen LogP contribution in [0.2, 0.25) is 0 Å². The second-order valence-corrected chi connectivity index (χ2v) is 10.2. The summed E-state index contributed by atoms with van der Waals surface area (Å²) in [6, 6.07) is 1.08. The number of ether oxygens (including phenoxy) is 1. The van der Waals surface area contributed by atoms with Crippen molar-refractivity contribution in [2.75, 3.05) is 31.1 Å². The Morgan fingerprint density at radius 2 is 2.05 bits per heavy atom. The van der Waals surface area contributed by atoms with Gasteiger partial charge in [0, 0.05) is 32.1 Å². The number of nitrogens with zero attached hydrogens (tertiary/aromatic N) is 9. The summed E-state index contributed by atoms with van der Waals surface area (Å²) >= 11 is 0. The Morgan fingerprint density at radius 3 is 2.71 bits per heavy atom. The minimum atomic E-state index is -0.661. The summed E-state index contributed by atoms with van der Waals surface area (Å²) < 4.78 is 24.5. The molecule has 0 aromatic carbocycles. The average molecular weight is 562 g/mol. The zero-order chi connectivity index (χ0) is 29.4. The van der Waals surface area contributed by atoms with E-state index in [-0.39, 0.29) is 41.8 Å². The molecular formula is C28H32FN9O3. The van der Waals surface area contributed by atoms with Crippen molar-refractivity contribution in [3.8, 4) is 5.82 Å². The lowest BCUT2D eigenvalue weighted by atomic mass is 10.1. The van der Waals surface area contributed by atoms with Crippen molar-refractivity contribution < 1.29 is 13.9 Å². The summed E-state index contributed by atoms with van der Waals surface area (Å²) in [6.45, 7) is 16.2. The van der Waals surface area contributed by atoms with Crippen molar-refractivity contribution in [1.29, 1.82) is 0 Å². The monoisotopic (exact) mass is 561 g/mol. The summed E-state index contributed by atoms with van der Waals surface area (Å²) in [5.74, 6) is -0.461. The number of aromatic nitrogens is 6. The Morgan fingerprint density at radius 1 is 1.27 bits per heavy atom. The van der Waals surface area contributed by atoms with Crippen molar-refractivity contribution in [3.63, 3.8) is 0 Å². The molecule has 12 nitrogen and oxygen atoms in total. The number of amides is 1. The van der Waals surface area contributed by atoms with Crippen LogP contribution in [0, 0.1) is 11.7 Å². The molecule has 5 rings (SSSR count). The van der Waals surface area contributed by atoms with Crippen LogP contribution in [0.4, 0.5) is 10.2 Å². The van der Waals surface area contributed by atoms with E-state index in [1.807, 2.05) is 25.7 Å². The van der Waals surface area contributed by atoms with Gasteiger partial charge in [0.15, 0.2) is 17.3 Å². The lowest BCUT2D eigenvalue weighted by molar-refractivity contribution is -0.126. The normalized spacial score (nSPS) is 19.7. The third-order valence-corrected chi connectivity index (χ3v) is 7.22. The predicted molar refractivity (Wildman–Crippen MR) is 153 cm³/mol. The first kappa shape index (κ1) is 27.9. The zero-order valence-corrected chi connectivity index (χ0v) is 23.5. The topological polar surface area (TPSA) is 124 Å². The first-order chi connectivity index (χ1) is 19.7. The van der Waals surface area contributed by atoms with Crippen molar-refractivity contribution in [2.45, 2.75) is 40.2 Å². The molecule has 2 aliphatic heterocycles. The Bertz CT molecular complexity index is 1670. The molecule has 41 heavy (non-hydrogen) atoms. The molecule has 1 atom stereocenters. The standard InChI is InChI=1S/C28H32FN9O3/c1-7-21-24(23(30-6)16(3)4)38-26-19(13-20(29)27(31-26)37-15-18(33-34-37)9-12-41-21)25(32-28(38)40)36-11-10-35(14-17(36)5)22(39)8-2/h7-8,13,15-17H,2,6,9-12,14H2,1,3-5H3/b21-7+,24-23+/t17-/m0/s1. The number of aliphatic imine (C=N–C) groups is 1. The van der Waals surface area contributed by atoms with Crippen LogP contribution in [0.15, 0.2) is 52.2 Å². The van der Waals surface area contributed by atoms with Crippen LogP contribution in [0.1, 0.15) is 33.4 Å². The van der Waals surface area contributed by atoms with Crippen molar-refractivity contribution in [3.05, 3.63) is 64.4 Å². The highest BCUT2D eigenvalue weighted by Gasteiger charge is 2.31. The number of pyridine rings is 1. The van der Waals surface area contributed by atoms with Crippen LogP contribution in [-0.4, -0.2) is 79.3 Å². The lowest BCUT2D eigenvalue weighted by Crippen LogP contribution is -2.54. The van der Waals surface area contributed by atoms with E-state index in [0.29, 0.717) is 54.3 Å². The summed E-state index contributed by atoms with van der Waals surface area (Å²) in [4.78, 5) is 43.2. The third kappa shape index (κ3) is 4.92. The molecule has 5 heterocycles. The van der Waals surface area contributed by atoms with Crippen LogP contribution < -0.4 is 10.6 Å². The van der Waals surface area contributed by atoms with Crippen molar-refractivity contribution in [1.82, 2.24) is 34.4 Å². The first-order valence-corrected chi connectivity index (χ1v) is 13.4. The summed E-state index contributed by atoms with van der Waals surface area (Å²) in [6.07, 6.45) is 4.99. The smallest absolute Gasteiger partial charge is 0.356 e. The molecule has 3 aromatic heterocycles. The van der Waals surface area contributed by atoms with Gasteiger partial charge in [-0.15, -0.1) is 5.10 Å². The Balaban J connectivity index is 1.84. The van der Waals surface area contributed by atoms with E-state index >= 15 is 4.39 Å². The maximum atomic E-state index is 15.8. The molecule has 1 fully saturated rings. The highest BCUT2D eigenvalue weighted by Crippen LogP contribution is 2.33. The van der Waals surface area contributed by atoms with E-state index in [0.717, 1.165) is 0 Å². The van der Waals surface area contributed by atoms with E-state index in [1.165, 1.54) is 21.4 Å². The lowest BCUT2D eigenvalue weighted by Gasteiger charge is -2.40. The van der Waals surface area contributed by atoms with Crippen molar-refractivity contribution in [2.24, 2.45) is 10.9 Å². The van der Waals surface area contributed by atoms with Crippen molar-refractivity contribution >= 4 is 35.2 Å². The SMILES string of the molecule is C=CC(=O)N1CCN(c2nc(=O)n3c4nc(c(F)cc24)-n2cc(nn2)CCOC(=C/C)/C3=C(\N=C)C(C)C)[C@@H](C)C1.